The summed E-state index contributed by atoms with van der Waals surface area (Å²) in [5.74, 6) is 0.297. The predicted octanol–water partition coefficient (Wildman–Crippen LogP) is 5.58. The second kappa shape index (κ2) is 12.2. The zero-order chi connectivity index (χ0) is 23.8. The average molecular weight is 481 g/mol. The van der Waals surface area contributed by atoms with E-state index in [2.05, 4.69) is 11.4 Å². The van der Waals surface area contributed by atoms with Crippen molar-refractivity contribution in [2.45, 2.75) is 64.3 Å². The first-order chi connectivity index (χ1) is 16.6. The molecular weight excluding hydrogens is 444 g/mol. The van der Waals surface area contributed by atoms with E-state index >= 15 is 0 Å². The van der Waals surface area contributed by atoms with Gasteiger partial charge in [-0.25, -0.2) is 9.78 Å². The van der Waals surface area contributed by atoms with Crippen LogP contribution in [0.25, 0.3) is 0 Å². The number of allylic oxidation sites excluding steroid dienone is 1. The summed E-state index contributed by atoms with van der Waals surface area (Å²) < 4.78 is 0. The lowest BCUT2D eigenvalue weighted by molar-refractivity contribution is 0.0747. The van der Waals surface area contributed by atoms with Gasteiger partial charge in [-0.1, -0.05) is 42.0 Å². The predicted molar refractivity (Wildman–Crippen MR) is 137 cm³/mol. The van der Waals surface area contributed by atoms with Crippen molar-refractivity contribution >= 4 is 23.3 Å². The van der Waals surface area contributed by atoms with Crippen LogP contribution >= 0.6 is 11.3 Å². The number of nitrogens with zero attached hydrogens (tertiary/aromatic N) is 3. The zero-order valence-electron chi connectivity index (χ0n) is 20.2. The molecular formula is C27H36N4O2S. The average Bonchev–Trinajstić information content (AvgIpc) is 3.38. The fraction of sp³-hybridized carbons (Fsp3) is 0.519. The molecule has 1 aromatic carbocycles. The van der Waals surface area contributed by atoms with Crippen LogP contribution in [0, 0.1) is 0 Å². The number of nitrogens with one attached hydrogen (secondary N) is 1. The van der Waals surface area contributed by atoms with Crippen molar-refractivity contribution in [3.63, 3.8) is 0 Å². The highest BCUT2D eigenvalue weighted by Crippen LogP contribution is 2.31. The lowest BCUT2D eigenvalue weighted by Gasteiger charge is -2.31. The first-order valence-electron chi connectivity index (χ1n) is 12.6. The molecule has 1 fully saturated rings. The fourth-order valence-electron chi connectivity index (χ4n) is 4.77. The van der Waals surface area contributed by atoms with E-state index in [1.807, 2.05) is 52.4 Å². The highest BCUT2D eigenvalue weighted by atomic mass is 32.1. The van der Waals surface area contributed by atoms with Gasteiger partial charge >= 0.3 is 6.03 Å². The van der Waals surface area contributed by atoms with Crippen molar-refractivity contribution in [1.29, 1.82) is 0 Å². The Balaban J connectivity index is 1.24. The second-order valence-corrected chi connectivity index (χ2v) is 10.1. The van der Waals surface area contributed by atoms with Crippen molar-refractivity contribution < 1.29 is 9.59 Å². The number of urea groups is 1. The van der Waals surface area contributed by atoms with E-state index in [9.17, 15) is 9.59 Å². The Bertz CT molecular complexity index is 980. The van der Waals surface area contributed by atoms with Gasteiger partial charge in [0.2, 0.25) is 0 Å². The summed E-state index contributed by atoms with van der Waals surface area (Å²) in [6, 6.07) is 10.1. The van der Waals surface area contributed by atoms with Gasteiger partial charge in [0.1, 0.15) is 5.69 Å². The molecule has 182 valence electrons. The largest absolute Gasteiger partial charge is 0.338 e. The quantitative estimate of drug-likeness (QED) is 0.501. The van der Waals surface area contributed by atoms with E-state index in [0.29, 0.717) is 24.7 Å². The van der Waals surface area contributed by atoms with Gasteiger partial charge < -0.3 is 15.1 Å². The maximum absolute atomic E-state index is 13.0. The molecule has 1 aliphatic carbocycles. The number of hydrogen-bond acceptors (Lipinski definition) is 4. The number of piperidine rings is 1. The molecule has 3 amide bonds. The van der Waals surface area contributed by atoms with E-state index < -0.39 is 0 Å². The Kier molecular flexibility index (Phi) is 8.74. The van der Waals surface area contributed by atoms with E-state index in [0.717, 1.165) is 49.5 Å². The van der Waals surface area contributed by atoms with Gasteiger partial charge in [-0.3, -0.25) is 4.79 Å². The van der Waals surface area contributed by atoms with Crippen LogP contribution in [0.4, 0.5) is 4.79 Å². The van der Waals surface area contributed by atoms with E-state index in [-0.39, 0.29) is 11.9 Å². The first kappa shape index (κ1) is 24.5. The summed E-state index contributed by atoms with van der Waals surface area (Å²) in [4.78, 5) is 34.1. The molecule has 7 heteroatoms. The summed E-state index contributed by atoms with van der Waals surface area (Å²) in [6.07, 6.45) is 10.0. The maximum atomic E-state index is 13.0. The molecule has 0 radical (unpaired) electrons. The lowest BCUT2D eigenvalue weighted by atomic mass is 9.97. The Morgan fingerprint density at radius 2 is 1.97 bits per heavy atom. The number of thiazole rings is 1. The number of benzene rings is 1. The molecule has 0 unspecified atom stereocenters. The molecule has 34 heavy (non-hydrogen) atoms. The van der Waals surface area contributed by atoms with Gasteiger partial charge in [0.15, 0.2) is 0 Å². The topological polar surface area (TPSA) is 65.5 Å². The van der Waals surface area contributed by atoms with Crippen molar-refractivity contribution in [3.05, 3.63) is 63.6 Å². The van der Waals surface area contributed by atoms with Crippen LogP contribution in [0.15, 0.2) is 47.4 Å². The van der Waals surface area contributed by atoms with Crippen molar-refractivity contribution in [3.8, 4) is 0 Å². The third kappa shape index (κ3) is 6.47. The van der Waals surface area contributed by atoms with Gasteiger partial charge in [-0.15, -0.1) is 11.3 Å². The summed E-state index contributed by atoms with van der Waals surface area (Å²) in [7, 11) is 0. The number of aromatic nitrogens is 1. The number of rotatable bonds is 8. The SMILES string of the molecule is CCN(Cc1ccccc1)C(=O)c1csc(C2CCN(C(=O)NCCC3=CCCCC3)CC2)n1. The highest BCUT2D eigenvalue weighted by molar-refractivity contribution is 7.09. The zero-order valence-corrected chi connectivity index (χ0v) is 21.0. The van der Waals surface area contributed by atoms with Gasteiger partial charge in [0.25, 0.3) is 5.91 Å². The number of carbonyl (C=O) groups is 2. The lowest BCUT2D eigenvalue weighted by Crippen LogP contribution is -2.44. The van der Waals surface area contributed by atoms with Crippen molar-refractivity contribution in [1.82, 2.24) is 20.1 Å². The number of hydrogen-bond donors (Lipinski definition) is 1. The van der Waals surface area contributed by atoms with Crippen LogP contribution in [0.1, 0.15) is 78.8 Å². The van der Waals surface area contributed by atoms with Crippen LogP contribution in [0.2, 0.25) is 0 Å². The minimum Gasteiger partial charge on any atom is -0.338 e. The summed E-state index contributed by atoms with van der Waals surface area (Å²) in [5.41, 5.74) is 3.15. The van der Waals surface area contributed by atoms with E-state index in [1.165, 1.54) is 31.3 Å². The molecule has 1 aliphatic heterocycles. The smallest absolute Gasteiger partial charge is 0.317 e. The Hall–Kier alpha value is -2.67. The number of likely N-dealkylation sites (tertiary alicyclic amines) is 1. The molecule has 0 spiro atoms. The van der Waals surface area contributed by atoms with Crippen LogP contribution in [-0.4, -0.2) is 52.9 Å². The molecule has 0 atom stereocenters. The molecule has 4 rings (SSSR count). The van der Waals surface area contributed by atoms with Crippen LogP contribution in [-0.2, 0) is 6.54 Å². The molecule has 2 aromatic rings. The number of amides is 3. The Morgan fingerprint density at radius 1 is 1.18 bits per heavy atom. The third-order valence-electron chi connectivity index (χ3n) is 6.87. The minimum atomic E-state index is -0.0150. The summed E-state index contributed by atoms with van der Waals surface area (Å²) >= 11 is 1.57. The monoisotopic (exact) mass is 480 g/mol. The molecule has 1 N–H and O–H groups in total. The number of carbonyl (C=O) groups excluding carboxylic acids is 2. The van der Waals surface area contributed by atoms with Crippen molar-refractivity contribution in [2.24, 2.45) is 0 Å². The Labute approximate surface area is 207 Å². The van der Waals surface area contributed by atoms with Crippen molar-refractivity contribution in [2.75, 3.05) is 26.2 Å². The molecule has 0 bridgehead atoms. The molecule has 2 aliphatic rings. The molecule has 0 saturated carbocycles. The third-order valence-corrected chi connectivity index (χ3v) is 7.87. The fourth-order valence-corrected chi connectivity index (χ4v) is 5.73. The Morgan fingerprint density at radius 3 is 2.68 bits per heavy atom. The first-order valence-corrected chi connectivity index (χ1v) is 13.5. The molecule has 1 saturated heterocycles. The highest BCUT2D eigenvalue weighted by Gasteiger charge is 2.27. The van der Waals surface area contributed by atoms with E-state index in [4.69, 9.17) is 4.98 Å². The molecule has 1 aromatic heterocycles. The summed E-state index contributed by atoms with van der Waals surface area (Å²) in [5, 5.41) is 6.01. The van der Waals surface area contributed by atoms with Gasteiger partial charge in [0, 0.05) is 44.0 Å². The second-order valence-electron chi connectivity index (χ2n) is 9.23. The van der Waals surface area contributed by atoms with Crippen LogP contribution in [0.3, 0.4) is 0 Å². The van der Waals surface area contributed by atoms with Gasteiger partial charge in [-0.2, -0.15) is 0 Å². The minimum absolute atomic E-state index is 0.0150. The summed E-state index contributed by atoms with van der Waals surface area (Å²) in [6.45, 7) is 5.42. The standard InChI is InChI=1S/C27H36N4O2S/c1-2-30(19-22-11-7-4-8-12-22)26(32)24-20-34-25(29-24)23-14-17-31(18-15-23)27(33)28-16-13-21-9-5-3-6-10-21/h4,7-9,11-12,20,23H,2-3,5-6,10,13-19H2,1H3,(H,28,33). The van der Waals surface area contributed by atoms with Crippen LogP contribution in [0.5, 0.6) is 0 Å². The molecule has 6 nitrogen and oxygen atoms in total. The van der Waals surface area contributed by atoms with Crippen LogP contribution < -0.4 is 5.32 Å². The van der Waals surface area contributed by atoms with Gasteiger partial charge in [0.05, 0.1) is 5.01 Å². The maximum Gasteiger partial charge on any atom is 0.317 e. The van der Waals surface area contributed by atoms with Gasteiger partial charge in [-0.05, 0) is 57.4 Å². The normalized spacial score (nSPS) is 16.7. The molecule has 2 heterocycles. The van der Waals surface area contributed by atoms with E-state index in [1.54, 1.807) is 11.3 Å².